The number of quaternary nitrogens is 1. The van der Waals surface area contributed by atoms with Crippen LogP contribution < -0.4 is 15.5 Å². The Labute approximate surface area is 151 Å². The number of hydrogen-bond acceptors (Lipinski definition) is 2. The fourth-order valence-electron chi connectivity index (χ4n) is 2.54. The van der Waals surface area contributed by atoms with Gasteiger partial charge in [0.25, 0.3) is 11.8 Å². The van der Waals surface area contributed by atoms with Crippen molar-refractivity contribution < 1.29 is 23.3 Å². The van der Waals surface area contributed by atoms with Crippen molar-refractivity contribution in [3.8, 4) is 0 Å². The topological polar surface area (TPSA) is 62.6 Å². The number of anilines is 2. The zero-order valence-electron chi connectivity index (χ0n) is 14.7. The van der Waals surface area contributed by atoms with Crippen LogP contribution in [0.3, 0.4) is 0 Å². The monoisotopic (exact) mass is 362 g/mol. The summed E-state index contributed by atoms with van der Waals surface area (Å²) < 4.78 is 26.7. The van der Waals surface area contributed by atoms with Gasteiger partial charge in [0.15, 0.2) is 13.1 Å². The molecular weight excluding hydrogens is 340 g/mol. The molecule has 0 aliphatic heterocycles. The summed E-state index contributed by atoms with van der Waals surface area (Å²) in [7, 11) is 1.67. The van der Waals surface area contributed by atoms with Gasteiger partial charge in [-0.3, -0.25) is 9.59 Å². The van der Waals surface area contributed by atoms with E-state index in [1.807, 2.05) is 31.2 Å². The average molecular weight is 362 g/mol. The molecule has 0 aliphatic carbocycles. The normalized spacial score (nSPS) is 11.7. The molecule has 0 fully saturated rings. The first-order valence-electron chi connectivity index (χ1n) is 8.33. The standard InChI is InChI=1S/C19H21F2N3O2/c1-3-13-6-4-5-7-16(13)22-18(25)11-24(2)12-19(26)23-17-10-14(20)8-9-15(17)21/h4-10H,3,11-12H2,1-2H3,(H,22,25)(H,23,26)/p+1. The molecule has 0 spiro atoms. The Kier molecular flexibility index (Phi) is 6.80. The number of hydrogen-bond donors (Lipinski definition) is 3. The van der Waals surface area contributed by atoms with E-state index in [0.29, 0.717) is 4.90 Å². The van der Waals surface area contributed by atoms with E-state index in [2.05, 4.69) is 10.6 Å². The minimum atomic E-state index is -0.716. The smallest absolute Gasteiger partial charge is 0.279 e. The van der Waals surface area contributed by atoms with Crippen LogP contribution >= 0.6 is 0 Å². The van der Waals surface area contributed by atoms with Crippen molar-refractivity contribution in [2.24, 2.45) is 0 Å². The molecule has 7 heteroatoms. The van der Waals surface area contributed by atoms with Crippen LogP contribution in [0.4, 0.5) is 20.2 Å². The van der Waals surface area contributed by atoms with Crippen molar-refractivity contribution in [2.45, 2.75) is 13.3 Å². The molecular formula is C19H22F2N3O2+. The fourth-order valence-corrected chi connectivity index (χ4v) is 2.54. The number of aryl methyl sites for hydroxylation is 1. The lowest BCUT2D eigenvalue weighted by Crippen LogP contribution is -3.11. The van der Waals surface area contributed by atoms with Crippen LogP contribution in [-0.2, 0) is 16.0 Å². The molecule has 0 radical (unpaired) electrons. The van der Waals surface area contributed by atoms with Gasteiger partial charge in [-0.25, -0.2) is 8.78 Å². The zero-order valence-corrected chi connectivity index (χ0v) is 14.7. The Hall–Kier alpha value is -2.80. The highest BCUT2D eigenvalue weighted by Gasteiger charge is 2.16. The van der Waals surface area contributed by atoms with Gasteiger partial charge in [0, 0.05) is 11.8 Å². The van der Waals surface area contributed by atoms with Crippen LogP contribution in [0, 0.1) is 11.6 Å². The molecule has 0 bridgehead atoms. The van der Waals surface area contributed by atoms with Crippen molar-refractivity contribution in [3.05, 3.63) is 59.7 Å². The number of carbonyl (C=O) groups excluding carboxylic acids is 2. The van der Waals surface area contributed by atoms with Gasteiger partial charge in [-0.05, 0) is 30.2 Å². The first-order valence-corrected chi connectivity index (χ1v) is 8.33. The second-order valence-corrected chi connectivity index (χ2v) is 6.04. The van der Waals surface area contributed by atoms with Crippen LogP contribution in [-0.4, -0.2) is 32.0 Å². The summed E-state index contributed by atoms with van der Waals surface area (Å²) >= 11 is 0. The van der Waals surface area contributed by atoms with Crippen molar-refractivity contribution in [1.82, 2.24) is 0 Å². The molecule has 0 saturated heterocycles. The molecule has 1 unspecified atom stereocenters. The van der Waals surface area contributed by atoms with Crippen molar-refractivity contribution in [3.63, 3.8) is 0 Å². The molecule has 0 heterocycles. The van der Waals surface area contributed by atoms with Crippen LogP contribution in [0.5, 0.6) is 0 Å². The number of carbonyl (C=O) groups is 2. The van der Waals surface area contributed by atoms with E-state index in [1.165, 1.54) is 0 Å². The van der Waals surface area contributed by atoms with Gasteiger partial charge in [-0.15, -0.1) is 0 Å². The predicted molar refractivity (Wildman–Crippen MR) is 96.1 cm³/mol. The number of halogens is 2. The van der Waals surface area contributed by atoms with Crippen LogP contribution in [0.15, 0.2) is 42.5 Å². The maximum absolute atomic E-state index is 13.5. The number of nitrogens with one attached hydrogen (secondary N) is 3. The van der Waals surface area contributed by atoms with E-state index in [0.717, 1.165) is 35.9 Å². The maximum atomic E-state index is 13.5. The second-order valence-electron chi connectivity index (χ2n) is 6.04. The first-order chi connectivity index (χ1) is 12.4. The minimum absolute atomic E-state index is 0.0567. The van der Waals surface area contributed by atoms with E-state index in [1.54, 1.807) is 7.05 Å². The average Bonchev–Trinajstić information content (AvgIpc) is 2.58. The quantitative estimate of drug-likeness (QED) is 0.701. The highest BCUT2D eigenvalue weighted by Crippen LogP contribution is 2.15. The SMILES string of the molecule is CCc1ccccc1NC(=O)C[NH+](C)CC(=O)Nc1cc(F)ccc1F. The molecule has 0 saturated carbocycles. The largest absolute Gasteiger partial charge is 0.322 e. The second kappa shape index (κ2) is 9.05. The molecule has 26 heavy (non-hydrogen) atoms. The number of para-hydroxylation sites is 1. The van der Waals surface area contributed by atoms with Crippen LogP contribution in [0.25, 0.3) is 0 Å². The highest BCUT2D eigenvalue weighted by atomic mass is 19.1. The van der Waals surface area contributed by atoms with Crippen molar-refractivity contribution in [2.75, 3.05) is 30.8 Å². The number of rotatable bonds is 7. The molecule has 138 valence electrons. The highest BCUT2D eigenvalue weighted by molar-refractivity contribution is 5.93. The van der Waals surface area contributed by atoms with Crippen molar-refractivity contribution >= 4 is 23.2 Å². The Bertz CT molecular complexity index is 796. The lowest BCUT2D eigenvalue weighted by molar-refractivity contribution is -0.862. The number of likely N-dealkylation sites (N-methyl/N-ethyl adjacent to an activating group) is 1. The summed E-state index contributed by atoms with van der Waals surface area (Å²) in [5, 5.41) is 5.15. The molecule has 2 aromatic carbocycles. The molecule has 5 nitrogen and oxygen atoms in total. The third-order valence-corrected chi connectivity index (χ3v) is 3.80. The predicted octanol–water partition coefficient (Wildman–Crippen LogP) is 1.62. The Balaban J connectivity index is 1.87. The van der Waals surface area contributed by atoms with E-state index < -0.39 is 17.5 Å². The summed E-state index contributed by atoms with van der Waals surface area (Å²) in [4.78, 5) is 24.7. The maximum Gasteiger partial charge on any atom is 0.279 e. The lowest BCUT2D eigenvalue weighted by Gasteiger charge is -2.15. The van der Waals surface area contributed by atoms with Gasteiger partial charge in [-0.2, -0.15) is 0 Å². The molecule has 3 N–H and O–H groups in total. The zero-order chi connectivity index (χ0) is 19.1. The van der Waals surface area contributed by atoms with E-state index >= 15 is 0 Å². The Morgan fingerprint density at radius 2 is 1.58 bits per heavy atom. The van der Waals surface area contributed by atoms with Crippen LogP contribution in [0.2, 0.25) is 0 Å². The van der Waals surface area contributed by atoms with E-state index in [-0.39, 0.29) is 24.7 Å². The Morgan fingerprint density at radius 1 is 0.962 bits per heavy atom. The molecule has 1 atom stereocenters. The first kappa shape index (κ1) is 19.5. The van der Waals surface area contributed by atoms with Gasteiger partial charge in [-0.1, -0.05) is 25.1 Å². The lowest BCUT2D eigenvalue weighted by atomic mass is 10.1. The van der Waals surface area contributed by atoms with Gasteiger partial charge in [0.2, 0.25) is 0 Å². The molecule has 0 aliphatic rings. The summed E-state index contributed by atoms with van der Waals surface area (Å²) in [6.07, 6.45) is 0.792. The van der Waals surface area contributed by atoms with Crippen molar-refractivity contribution in [1.29, 1.82) is 0 Å². The summed E-state index contributed by atoms with van der Waals surface area (Å²) in [5.41, 5.74) is 1.56. The third-order valence-electron chi connectivity index (χ3n) is 3.80. The van der Waals surface area contributed by atoms with Gasteiger partial charge in [0.1, 0.15) is 11.6 Å². The minimum Gasteiger partial charge on any atom is -0.322 e. The van der Waals surface area contributed by atoms with E-state index in [4.69, 9.17) is 0 Å². The molecule has 2 rings (SSSR count). The molecule has 0 aromatic heterocycles. The van der Waals surface area contributed by atoms with E-state index in [9.17, 15) is 18.4 Å². The van der Waals surface area contributed by atoms with Crippen LogP contribution in [0.1, 0.15) is 12.5 Å². The molecule has 2 amide bonds. The van der Waals surface area contributed by atoms with Gasteiger partial charge in [0.05, 0.1) is 12.7 Å². The Morgan fingerprint density at radius 3 is 2.23 bits per heavy atom. The summed E-state index contributed by atoms with van der Waals surface area (Å²) in [5.74, 6) is -2.09. The summed E-state index contributed by atoms with van der Waals surface area (Å²) in [6.45, 7) is 2.01. The number of amides is 2. The number of benzene rings is 2. The third kappa shape index (κ3) is 5.63. The van der Waals surface area contributed by atoms with Gasteiger partial charge >= 0.3 is 0 Å². The molecule has 2 aromatic rings. The fraction of sp³-hybridized carbons (Fsp3) is 0.263. The van der Waals surface area contributed by atoms with Gasteiger partial charge < -0.3 is 15.5 Å². The summed E-state index contributed by atoms with van der Waals surface area (Å²) in [6, 6.07) is 10.3.